The van der Waals surface area contributed by atoms with E-state index >= 15 is 0 Å². The van der Waals surface area contributed by atoms with Crippen molar-refractivity contribution in [1.29, 1.82) is 0 Å². The molecule has 0 bridgehead atoms. The molecule has 1 fully saturated rings. The minimum Gasteiger partial charge on any atom is -0.486 e. The quantitative estimate of drug-likeness (QED) is 0.820. The van der Waals surface area contributed by atoms with Gasteiger partial charge >= 0.3 is 0 Å². The van der Waals surface area contributed by atoms with E-state index in [4.69, 9.17) is 9.47 Å². The lowest BCUT2D eigenvalue weighted by atomic mass is 9.85. The van der Waals surface area contributed by atoms with Gasteiger partial charge in [-0.2, -0.15) is 0 Å². The minimum absolute atomic E-state index is 0.136. The summed E-state index contributed by atoms with van der Waals surface area (Å²) >= 11 is 0. The van der Waals surface area contributed by atoms with Gasteiger partial charge in [0.05, 0.1) is 5.69 Å². The topological polar surface area (TPSA) is 43.4 Å². The summed E-state index contributed by atoms with van der Waals surface area (Å²) in [5, 5.41) is 3.51. The fourth-order valence-corrected chi connectivity index (χ4v) is 2.40. The van der Waals surface area contributed by atoms with Crippen molar-refractivity contribution in [3.8, 4) is 5.75 Å². The zero-order valence-electron chi connectivity index (χ0n) is 12.1. The first-order chi connectivity index (χ1) is 9.26. The fraction of sp³-hybridized carbons (Fsp3) is 0.667. The Morgan fingerprint density at radius 3 is 2.95 bits per heavy atom. The second kappa shape index (κ2) is 6.87. The molecule has 4 heteroatoms. The summed E-state index contributed by atoms with van der Waals surface area (Å²) in [6.45, 7) is 7.93. The first kappa shape index (κ1) is 14.3. The highest BCUT2D eigenvalue weighted by atomic mass is 16.5. The standard InChI is InChI=1S/C15H24N2O2/c1-4-8-17-12-10-14(15(12)18-5-2)19-13-7-6-9-16-11(13)3/h6-7,9,12,14-15,17H,4-5,8,10H2,1-3H3. The third-order valence-corrected chi connectivity index (χ3v) is 3.50. The first-order valence-electron chi connectivity index (χ1n) is 7.19. The molecular weight excluding hydrogens is 240 g/mol. The maximum Gasteiger partial charge on any atom is 0.141 e. The van der Waals surface area contributed by atoms with Gasteiger partial charge in [-0.3, -0.25) is 4.98 Å². The largest absolute Gasteiger partial charge is 0.486 e. The lowest BCUT2D eigenvalue weighted by Crippen LogP contribution is -2.61. The number of hydrogen-bond acceptors (Lipinski definition) is 4. The number of nitrogens with zero attached hydrogens (tertiary/aromatic N) is 1. The highest BCUT2D eigenvalue weighted by molar-refractivity contribution is 5.26. The molecule has 1 N–H and O–H groups in total. The number of pyridine rings is 1. The van der Waals surface area contributed by atoms with E-state index in [9.17, 15) is 0 Å². The van der Waals surface area contributed by atoms with Gasteiger partial charge in [-0.1, -0.05) is 6.92 Å². The Hall–Kier alpha value is -1.13. The zero-order valence-corrected chi connectivity index (χ0v) is 12.1. The lowest BCUT2D eigenvalue weighted by molar-refractivity contribution is -0.104. The Morgan fingerprint density at radius 2 is 2.26 bits per heavy atom. The maximum absolute atomic E-state index is 6.03. The first-order valence-corrected chi connectivity index (χ1v) is 7.19. The molecule has 0 aliphatic heterocycles. The van der Waals surface area contributed by atoms with Gasteiger partial charge in [-0.05, 0) is 38.9 Å². The lowest BCUT2D eigenvalue weighted by Gasteiger charge is -2.44. The smallest absolute Gasteiger partial charge is 0.141 e. The van der Waals surface area contributed by atoms with E-state index < -0.39 is 0 Å². The van der Waals surface area contributed by atoms with Crippen molar-refractivity contribution < 1.29 is 9.47 Å². The Kier molecular flexibility index (Phi) is 5.16. The van der Waals surface area contributed by atoms with Gasteiger partial charge < -0.3 is 14.8 Å². The van der Waals surface area contributed by atoms with Crippen molar-refractivity contribution in [2.75, 3.05) is 13.2 Å². The van der Waals surface area contributed by atoms with Crippen LogP contribution in [0.5, 0.6) is 5.75 Å². The van der Waals surface area contributed by atoms with Crippen LogP contribution in [-0.4, -0.2) is 36.4 Å². The molecule has 3 atom stereocenters. The number of ether oxygens (including phenoxy) is 2. The van der Waals surface area contributed by atoms with Crippen LogP contribution in [0, 0.1) is 6.92 Å². The van der Waals surface area contributed by atoms with Crippen LogP contribution in [0.25, 0.3) is 0 Å². The molecule has 0 saturated heterocycles. The van der Waals surface area contributed by atoms with Gasteiger partial charge in [0.1, 0.15) is 18.0 Å². The average molecular weight is 264 g/mol. The van der Waals surface area contributed by atoms with Crippen molar-refractivity contribution in [2.45, 2.75) is 51.9 Å². The molecule has 1 heterocycles. The normalized spacial score (nSPS) is 25.9. The van der Waals surface area contributed by atoms with Crippen LogP contribution in [-0.2, 0) is 4.74 Å². The summed E-state index contributed by atoms with van der Waals surface area (Å²) in [4.78, 5) is 4.25. The SMILES string of the molecule is CCCNC1CC(Oc2cccnc2C)C1OCC. The summed E-state index contributed by atoms with van der Waals surface area (Å²) in [6, 6.07) is 4.30. The van der Waals surface area contributed by atoms with E-state index in [0.29, 0.717) is 6.04 Å². The molecule has 1 aromatic rings. The predicted molar refractivity (Wildman–Crippen MR) is 75.5 cm³/mol. The number of nitrogens with one attached hydrogen (secondary N) is 1. The van der Waals surface area contributed by atoms with E-state index in [1.165, 1.54) is 0 Å². The van der Waals surface area contributed by atoms with E-state index in [2.05, 4.69) is 17.2 Å². The Morgan fingerprint density at radius 1 is 1.42 bits per heavy atom. The summed E-state index contributed by atoms with van der Waals surface area (Å²) in [5.41, 5.74) is 0.933. The second-order valence-electron chi connectivity index (χ2n) is 4.96. The van der Waals surface area contributed by atoms with Crippen molar-refractivity contribution in [2.24, 2.45) is 0 Å². The third kappa shape index (κ3) is 3.45. The maximum atomic E-state index is 6.03. The molecule has 0 radical (unpaired) electrons. The van der Waals surface area contributed by atoms with E-state index in [-0.39, 0.29) is 12.2 Å². The van der Waals surface area contributed by atoms with Crippen LogP contribution < -0.4 is 10.1 Å². The molecule has 4 nitrogen and oxygen atoms in total. The monoisotopic (exact) mass is 264 g/mol. The molecule has 0 amide bonds. The molecule has 0 aromatic carbocycles. The Bertz CT molecular complexity index is 397. The minimum atomic E-state index is 0.136. The number of aromatic nitrogens is 1. The Labute approximate surface area is 115 Å². The van der Waals surface area contributed by atoms with Crippen molar-refractivity contribution >= 4 is 0 Å². The van der Waals surface area contributed by atoms with Crippen LogP contribution in [0.3, 0.4) is 0 Å². The summed E-state index contributed by atoms with van der Waals surface area (Å²) in [6.07, 6.45) is 4.21. The highest BCUT2D eigenvalue weighted by Crippen LogP contribution is 2.30. The molecule has 0 spiro atoms. The van der Waals surface area contributed by atoms with Crippen LogP contribution in [0.15, 0.2) is 18.3 Å². The molecule has 1 saturated carbocycles. The molecule has 1 aliphatic rings. The summed E-state index contributed by atoms with van der Waals surface area (Å²) in [5.74, 6) is 0.867. The van der Waals surface area contributed by atoms with Gasteiger partial charge in [0, 0.05) is 25.3 Å². The number of hydrogen-bond donors (Lipinski definition) is 1. The van der Waals surface area contributed by atoms with Crippen LogP contribution in [0.2, 0.25) is 0 Å². The average Bonchev–Trinajstić information content (AvgIpc) is 2.41. The molecule has 1 aromatic heterocycles. The summed E-state index contributed by atoms with van der Waals surface area (Å²) < 4.78 is 11.8. The van der Waals surface area contributed by atoms with Crippen molar-refractivity contribution in [3.63, 3.8) is 0 Å². The second-order valence-corrected chi connectivity index (χ2v) is 4.96. The molecule has 2 rings (SSSR count). The van der Waals surface area contributed by atoms with Gasteiger partial charge in [0.15, 0.2) is 0 Å². The van der Waals surface area contributed by atoms with Gasteiger partial charge in [0.25, 0.3) is 0 Å². The van der Waals surface area contributed by atoms with E-state index in [1.807, 2.05) is 26.0 Å². The Balaban J connectivity index is 1.92. The molecule has 1 aliphatic carbocycles. The number of aryl methyl sites for hydroxylation is 1. The van der Waals surface area contributed by atoms with E-state index in [0.717, 1.165) is 37.4 Å². The van der Waals surface area contributed by atoms with Gasteiger partial charge in [0.2, 0.25) is 0 Å². The predicted octanol–water partition coefficient (Wildman–Crippen LogP) is 2.31. The highest BCUT2D eigenvalue weighted by Gasteiger charge is 2.43. The number of rotatable bonds is 7. The van der Waals surface area contributed by atoms with Crippen molar-refractivity contribution in [1.82, 2.24) is 10.3 Å². The van der Waals surface area contributed by atoms with Crippen LogP contribution >= 0.6 is 0 Å². The molecular formula is C15H24N2O2. The zero-order chi connectivity index (χ0) is 13.7. The molecule has 3 unspecified atom stereocenters. The van der Waals surface area contributed by atoms with Crippen LogP contribution in [0.4, 0.5) is 0 Å². The van der Waals surface area contributed by atoms with E-state index in [1.54, 1.807) is 6.20 Å². The summed E-state index contributed by atoms with van der Waals surface area (Å²) in [7, 11) is 0. The van der Waals surface area contributed by atoms with Gasteiger partial charge in [-0.25, -0.2) is 0 Å². The fourth-order valence-electron chi connectivity index (χ4n) is 2.40. The molecule has 19 heavy (non-hydrogen) atoms. The van der Waals surface area contributed by atoms with Crippen molar-refractivity contribution in [3.05, 3.63) is 24.0 Å². The third-order valence-electron chi connectivity index (χ3n) is 3.50. The van der Waals surface area contributed by atoms with Crippen LogP contribution in [0.1, 0.15) is 32.4 Å². The van der Waals surface area contributed by atoms with Gasteiger partial charge in [-0.15, -0.1) is 0 Å². The molecule has 106 valence electrons.